The topological polar surface area (TPSA) is 60.9 Å². The first-order valence-corrected chi connectivity index (χ1v) is 6.35. The zero-order valence-corrected chi connectivity index (χ0v) is 11.0. The van der Waals surface area contributed by atoms with Crippen molar-refractivity contribution in [3.05, 3.63) is 77.9 Å². The minimum atomic E-state index is -0.632. The first-order valence-electron chi connectivity index (χ1n) is 6.35. The molecule has 0 unspecified atom stereocenters. The number of hydrogen-bond acceptors (Lipinski definition) is 3. The first kappa shape index (κ1) is 13.1. The van der Waals surface area contributed by atoms with E-state index >= 15 is 0 Å². The average Bonchev–Trinajstić information content (AvgIpc) is 2.97. The molecule has 0 atom stereocenters. The summed E-state index contributed by atoms with van der Waals surface area (Å²) in [5.41, 5.74) is 6.89. The molecule has 5 heteroatoms. The summed E-state index contributed by atoms with van der Waals surface area (Å²) in [6.45, 7) is 0. The van der Waals surface area contributed by atoms with E-state index in [1.165, 1.54) is 18.3 Å². The first-order chi connectivity index (χ1) is 10.1. The van der Waals surface area contributed by atoms with Crippen molar-refractivity contribution in [2.45, 2.75) is 0 Å². The van der Waals surface area contributed by atoms with E-state index in [-0.39, 0.29) is 11.3 Å². The van der Waals surface area contributed by atoms with Gasteiger partial charge in [0.15, 0.2) is 5.78 Å². The number of benzene rings is 2. The number of ketones is 1. The second-order valence-corrected chi connectivity index (χ2v) is 4.58. The number of halogens is 1. The lowest BCUT2D eigenvalue weighted by molar-refractivity contribution is 0.103. The van der Waals surface area contributed by atoms with Gasteiger partial charge >= 0.3 is 0 Å². The zero-order chi connectivity index (χ0) is 14.8. The van der Waals surface area contributed by atoms with Crippen molar-refractivity contribution < 1.29 is 9.18 Å². The van der Waals surface area contributed by atoms with Crippen LogP contribution in [0.2, 0.25) is 0 Å². The molecule has 0 saturated heterocycles. The van der Waals surface area contributed by atoms with Crippen LogP contribution in [0, 0.1) is 5.82 Å². The third-order valence-corrected chi connectivity index (χ3v) is 3.10. The Morgan fingerprint density at radius 2 is 1.90 bits per heavy atom. The van der Waals surface area contributed by atoms with Gasteiger partial charge in [-0.3, -0.25) is 4.79 Å². The lowest BCUT2D eigenvalue weighted by Crippen LogP contribution is -2.04. The van der Waals surface area contributed by atoms with E-state index in [9.17, 15) is 9.18 Å². The number of aromatic nitrogens is 2. The average molecular weight is 281 g/mol. The normalized spacial score (nSPS) is 10.5. The van der Waals surface area contributed by atoms with E-state index in [1.54, 1.807) is 10.9 Å². The van der Waals surface area contributed by atoms with E-state index in [4.69, 9.17) is 5.73 Å². The van der Waals surface area contributed by atoms with Crippen molar-refractivity contribution in [1.29, 1.82) is 0 Å². The molecule has 0 amide bonds. The number of carbonyl (C=O) groups is 1. The van der Waals surface area contributed by atoms with E-state index in [2.05, 4.69) is 5.10 Å². The standard InChI is InChI=1S/C16H12FN3O/c17-15-8-12(18)6-7-14(15)16(21)11-9-19-20(10-11)13-4-2-1-3-5-13/h1-10H,18H2. The highest BCUT2D eigenvalue weighted by Gasteiger charge is 2.16. The fraction of sp³-hybridized carbons (Fsp3) is 0. The van der Waals surface area contributed by atoms with Gasteiger partial charge in [0, 0.05) is 11.9 Å². The Morgan fingerprint density at radius 1 is 1.14 bits per heavy atom. The van der Waals surface area contributed by atoms with E-state index < -0.39 is 11.6 Å². The van der Waals surface area contributed by atoms with E-state index in [1.807, 2.05) is 30.3 Å². The van der Waals surface area contributed by atoms with Crippen molar-refractivity contribution in [3.63, 3.8) is 0 Å². The predicted octanol–water partition coefficient (Wildman–Crippen LogP) is 2.82. The second-order valence-electron chi connectivity index (χ2n) is 4.58. The summed E-state index contributed by atoms with van der Waals surface area (Å²) >= 11 is 0. The minimum Gasteiger partial charge on any atom is -0.399 e. The largest absolute Gasteiger partial charge is 0.399 e. The molecule has 0 aliphatic heterocycles. The van der Waals surface area contributed by atoms with Crippen molar-refractivity contribution in [1.82, 2.24) is 9.78 Å². The quantitative estimate of drug-likeness (QED) is 0.593. The van der Waals surface area contributed by atoms with Crippen LogP contribution in [-0.2, 0) is 0 Å². The Labute approximate surface area is 120 Å². The molecule has 0 radical (unpaired) electrons. The predicted molar refractivity (Wildman–Crippen MR) is 77.8 cm³/mol. The van der Waals surface area contributed by atoms with Crippen molar-refractivity contribution >= 4 is 11.5 Å². The van der Waals surface area contributed by atoms with Gasteiger partial charge in [-0.25, -0.2) is 9.07 Å². The Hall–Kier alpha value is -2.95. The maximum Gasteiger partial charge on any atom is 0.199 e. The van der Waals surface area contributed by atoms with Crippen LogP contribution in [0.15, 0.2) is 60.9 Å². The third kappa shape index (κ3) is 2.53. The molecule has 0 aliphatic rings. The molecule has 2 N–H and O–H groups in total. The highest BCUT2D eigenvalue weighted by molar-refractivity contribution is 6.09. The zero-order valence-electron chi connectivity index (χ0n) is 11.0. The Bertz CT molecular complexity index is 796. The van der Waals surface area contributed by atoms with Crippen LogP contribution < -0.4 is 5.73 Å². The molecule has 3 aromatic rings. The van der Waals surface area contributed by atoms with E-state index in [0.717, 1.165) is 11.8 Å². The van der Waals surface area contributed by atoms with Gasteiger partial charge in [-0.05, 0) is 30.3 Å². The number of nitrogens with two attached hydrogens (primary N) is 1. The Balaban J connectivity index is 1.94. The van der Waals surface area contributed by atoms with Crippen LogP contribution in [0.3, 0.4) is 0 Å². The number of nitrogen functional groups attached to an aromatic ring is 1. The monoisotopic (exact) mass is 281 g/mol. The highest BCUT2D eigenvalue weighted by atomic mass is 19.1. The number of rotatable bonds is 3. The Kier molecular flexibility index (Phi) is 3.23. The fourth-order valence-electron chi connectivity index (χ4n) is 2.03. The molecular weight excluding hydrogens is 269 g/mol. The number of anilines is 1. The molecule has 0 fully saturated rings. The van der Waals surface area contributed by atoms with Gasteiger partial charge in [-0.1, -0.05) is 18.2 Å². The molecule has 2 aromatic carbocycles. The molecule has 0 spiro atoms. The van der Waals surface area contributed by atoms with Crippen molar-refractivity contribution in [3.8, 4) is 5.69 Å². The van der Waals surface area contributed by atoms with Crippen LogP contribution in [-0.4, -0.2) is 15.6 Å². The van der Waals surface area contributed by atoms with Gasteiger partial charge in [0.1, 0.15) is 5.82 Å². The van der Waals surface area contributed by atoms with Crippen molar-refractivity contribution in [2.24, 2.45) is 0 Å². The van der Waals surface area contributed by atoms with Gasteiger partial charge in [-0.2, -0.15) is 5.10 Å². The number of hydrogen-bond donors (Lipinski definition) is 1. The third-order valence-electron chi connectivity index (χ3n) is 3.10. The fourth-order valence-corrected chi connectivity index (χ4v) is 2.03. The van der Waals surface area contributed by atoms with Crippen LogP contribution >= 0.6 is 0 Å². The molecule has 1 aromatic heterocycles. The maximum atomic E-state index is 13.8. The summed E-state index contributed by atoms with van der Waals surface area (Å²) in [4.78, 5) is 12.3. The van der Waals surface area contributed by atoms with Gasteiger partial charge in [-0.15, -0.1) is 0 Å². The van der Waals surface area contributed by atoms with Gasteiger partial charge in [0.2, 0.25) is 0 Å². The lowest BCUT2D eigenvalue weighted by Gasteiger charge is -2.02. The molecular formula is C16H12FN3O. The lowest BCUT2D eigenvalue weighted by atomic mass is 10.1. The molecule has 21 heavy (non-hydrogen) atoms. The van der Waals surface area contributed by atoms with E-state index in [0.29, 0.717) is 5.56 Å². The van der Waals surface area contributed by atoms with Crippen LogP contribution in [0.1, 0.15) is 15.9 Å². The Morgan fingerprint density at radius 3 is 2.62 bits per heavy atom. The minimum absolute atomic E-state index is 0.0168. The molecule has 4 nitrogen and oxygen atoms in total. The van der Waals surface area contributed by atoms with Gasteiger partial charge in [0.25, 0.3) is 0 Å². The molecule has 0 bridgehead atoms. The smallest absolute Gasteiger partial charge is 0.199 e. The summed E-state index contributed by atoms with van der Waals surface area (Å²) in [6, 6.07) is 13.4. The summed E-state index contributed by atoms with van der Waals surface area (Å²) in [5, 5.41) is 4.13. The van der Waals surface area contributed by atoms with Crippen LogP contribution in [0.4, 0.5) is 10.1 Å². The van der Waals surface area contributed by atoms with Gasteiger partial charge in [0.05, 0.1) is 23.0 Å². The summed E-state index contributed by atoms with van der Waals surface area (Å²) in [5.74, 6) is -1.05. The summed E-state index contributed by atoms with van der Waals surface area (Å²) in [7, 11) is 0. The van der Waals surface area contributed by atoms with Crippen LogP contribution in [0.25, 0.3) is 5.69 Å². The second kappa shape index (κ2) is 5.20. The summed E-state index contributed by atoms with van der Waals surface area (Å²) in [6.07, 6.45) is 3.00. The maximum absolute atomic E-state index is 13.8. The molecule has 104 valence electrons. The molecule has 3 rings (SSSR count). The molecule has 1 heterocycles. The van der Waals surface area contributed by atoms with Gasteiger partial charge < -0.3 is 5.73 Å². The number of para-hydroxylation sites is 1. The summed E-state index contributed by atoms with van der Waals surface area (Å²) < 4.78 is 15.4. The van der Waals surface area contributed by atoms with Crippen molar-refractivity contribution in [2.75, 3.05) is 5.73 Å². The number of carbonyl (C=O) groups excluding carboxylic acids is 1. The molecule has 0 aliphatic carbocycles. The highest BCUT2D eigenvalue weighted by Crippen LogP contribution is 2.17. The van der Waals surface area contributed by atoms with Crippen LogP contribution in [0.5, 0.6) is 0 Å². The molecule has 0 saturated carbocycles. The SMILES string of the molecule is Nc1ccc(C(=O)c2cnn(-c3ccccc3)c2)c(F)c1. The number of nitrogens with zero attached hydrogens (tertiary/aromatic N) is 2.